The van der Waals surface area contributed by atoms with Crippen LogP contribution in [0.3, 0.4) is 0 Å². The van der Waals surface area contributed by atoms with Crippen LogP contribution in [0.2, 0.25) is 0 Å². The number of nitrogens with two attached hydrogens (primary N) is 1. The van der Waals surface area contributed by atoms with E-state index in [0.717, 1.165) is 31.4 Å². The van der Waals surface area contributed by atoms with Gasteiger partial charge in [-0.25, -0.2) is 8.78 Å². The minimum absolute atomic E-state index is 0.00600. The summed E-state index contributed by atoms with van der Waals surface area (Å²) in [5.74, 6) is -2.42. The molecule has 1 aliphatic rings. The van der Waals surface area contributed by atoms with Gasteiger partial charge in [-0.3, -0.25) is 4.79 Å². The van der Waals surface area contributed by atoms with Crippen LogP contribution in [0.4, 0.5) is 14.5 Å². The molecule has 1 aliphatic heterocycles. The number of halogens is 2. The summed E-state index contributed by atoms with van der Waals surface area (Å²) in [6.45, 7) is 2.42. The summed E-state index contributed by atoms with van der Waals surface area (Å²) in [6, 6.07) is 2.16. The Hall–Kier alpha value is -1.65. The molecule has 2 rings (SSSR count). The minimum Gasteiger partial charge on any atom is -0.396 e. The molecule has 1 amide bonds. The first kappa shape index (κ1) is 12.8. The molecule has 0 saturated carbocycles. The van der Waals surface area contributed by atoms with Crippen LogP contribution in [0.5, 0.6) is 0 Å². The predicted octanol–water partition coefficient (Wildman–Crippen LogP) is 2.56. The van der Waals surface area contributed by atoms with Crippen LogP contribution < -0.4 is 5.73 Å². The third-order valence-corrected chi connectivity index (χ3v) is 3.40. The molecule has 0 radical (unpaired) electrons. The first-order valence-corrected chi connectivity index (χ1v) is 6.07. The van der Waals surface area contributed by atoms with Crippen molar-refractivity contribution in [1.82, 2.24) is 4.90 Å². The molecule has 1 aromatic rings. The van der Waals surface area contributed by atoms with Gasteiger partial charge in [-0.2, -0.15) is 0 Å². The van der Waals surface area contributed by atoms with Gasteiger partial charge >= 0.3 is 0 Å². The van der Waals surface area contributed by atoms with Crippen molar-refractivity contribution in [2.24, 2.45) is 0 Å². The highest BCUT2D eigenvalue weighted by atomic mass is 19.1. The molecule has 5 heteroatoms. The summed E-state index contributed by atoms with van der Waals surface area (Å²) in [4.78, 5) is 13.7. The van der Waals surface area contributed by atoms with E-state index in [9.17, 15) is 13.6 Å². The highest BCUT2D eigenvalue weighted by molar-refractivity contribution is 5.96. The van der Waals surface area contributed by atoms with Gasteiger partial charge in [0.05, 0.1) is 5.69 Å². The lowest BCUT2D eigenvalue weighted by Gasteiger charge is -2.33. The van der Waals surface area contributed by atoms with Crippen LogP contribution >= 0.6 is 0 Å². The molecule has 0 aromatic heterocycles. The van der Waals surface area contributed by atoms with Crippen LogP contribution in [0.25, 0.3) is 0 Å². The van der Waals surface area contributed by atoms with Crippen LogP contribution in [-0.2, 0) is 0 Å². The number of carbonyl (C=O) groups excluding carboxylic acids is 1. The summed E-state index contributed by atoms with van der Waals surface area (Å²) in [5.41, 5.74) is 4.64. The van der Waals surface area contributed by atoms with E-state index in [4.69, 9.17) is 5.73 Å². The van der Waals surface area contributed by atoms with E-state index >= 15 is 0 Å². The smallest absolute Gasteiger partial charge is 0.260 e. The molecule has 0 aliphatic carbocycles. The molecular formula is C13H16F2N2O. The van der Waals surface area contributed by atoms with Gasteiger partial charge in [0.25, 0.3) is 5.91 Å². The summed E-state index contributed by atoms with van der Waals surface area (Å²) in [7, 11) is 0. The Kier molecular flexibility index (Phi) is 3.50. The molecule has 1 heterocycles. The summed E-state index contributed by atoms with van der Waals surface area (Å²) < 4.78 is 27.4. The molecule has 0 bridgehead atoms. The number of likely N-dealkylation sites (tertiary alicyclic amines) is 1. The normalized spacial score (nSPS) is 19.9. The zero-order chi connectivity index (χ0) is 13.3. The Morgan fingerprint density at radius 2 is 2.11 bits per heavy atom. The summed E-state index contributed by atoms with van der Waals surface area (Å²) >= 11 is 0. The molecule has 18 heavy (non-hydrogen) atoms. The Morgan fingerprint density at radius 3 is 2.78 bits per heavy atom. The number of hydrogen-bond acceptors (Lipinski definition) is 2. The molecule has 3 nitrogen and oxygen atoms in total. The second-order valence-electron chi connectivity index (χ2n) is 4.67. The molecular weight excluding hydrogens is 238 g/mol. The van der Waals surface area contributed by atoms with E-state index in [1.807, 2.05) is 6.92 Å². The predicted molar refractivity (Wildman–Crippen MR) is 65.1 cm³/mol. The standard InChI is InChI=1S/C13H16F2N2O/c1-8-4-2-3-7-17(8)13(18)11-9(14)5-6-10(16)12(11)15/h5-6,8H,2-4,7,16H2,1H3. The Morgan fingerprint density at radius 1 is 1.39 bits per heavy atom. The lowest BCUT2D eigenvalue weighted by Crippen LogP contribution is -2.42. The first-order valence-electron chi connectivity index (χ1n) is 6.07. The maximum Gasteiger partial charge on any atom is 0.260 e. The van der Waals surface area contributed by atoms with Gasteiger partial charge < -0.3 is 10.6 Å². The molecule has 1 aromatic carbocycles. The van der Waals surface area contributed by atoms with Crippen LogP contribution in [0.1, 0.15) is 36.5 Å². The quantitative estimate of drug-likeness (QED) is 0.783. The fourth-order valence-corrected chi connectivity index (χ4v) is 2.31. The van der Waals surface area contributed by atoms with E-state index in [0.29, 0.717) is 6.54 Å². The number of rotatable bonds is 1. The van der Waals surface area contributed by atoms with Gasteiger partial charge in [0.15, 0.2) is 5.82 Å². The first-order chi connectivity index (χ1) is 8.52. The number of nitrogens with zero attached hydrogens (tertiary/aromatic N) is 1. The van der Waals surface area contributed by atoms with Crippen molar-refractivity contribution in [2.75, 3.05) is 12.3 Å². The fraction of sp³-hybridized carbons (Fsp3) is 0.462. The fourth-order valence-electron chi connectivity index (χ4n) is 2.31. The molecule has 2 N–H and O–H groups in total. The van der Waals surface area contributed by atoms with E-state index < -0.39 is 23.1 Å². The molecule has 1 unspecified atom stereocenters. The van der Waals surface area contributed by atoms with Crippen molar-refractivity contribution in [3.8, 4) is 0 Å². The highest BCUT2D eigenvalue weighted by Crippen LogP contribution is 2.24. The van der Waals surface area contributed by atoms with E-state index in [-0.39, 0.29) is 11.7 Å². The van der Waals surface area contributed by atoms with Crippen molar-refractivity contribution in [3.63, 3.8) is 0 Å². The number of piperidine rings is 1. The Bertz CT molecular complexity index is 476. The van der Waals surface area contributed by atoms with Crippen LogP contribution in [0, 0.1) is 11.6 Å². The number of benzene rings is 1. The highest BCUT2D eigenvalue weighted by Gasteiger charge is 2.29. The summed E-state index contributed by atoms with van der Waals surface area (Å²) in [6.07, 6.45) is 2.76. The summed E-state index contributed by atoms with van der Waals surface area (Å²) in [5, 5.41) is 0. The zero-order valence-electron chi connectivity index (χ0n) is 10.2. The van der Waals surface area contributed by atoms with Gasteiger partial charge in [-0.15, -0.1) is 0 Å². The van der Waals surface area contributed by atoms with Gasteiger partial charge in [-0.05, 0) is 38.3 Å². The monoisotopic (exact) mass is 254 g/mol. The molecule has 98 valence electrons. The van der Waals surface area contributed by atoms with Crippen molar-refractivity contribution < 1.29 is 13.6 Å². The van der Waals surface area contributed by atoms with E-state index in [2.05, 4.69) is 0 Å². The van der Waals surface area contributed by atoms with Crippen molar-refractivity contribution in [1.29, 1.82) is 0 Å². The number of carbonyl (C=O) groups is 1. The van der Waals surface area contributed by atoms with Crippen LogP contribution in [0.15, 0.2) is 12.1 Å². The SMILES string of the molecule is CC1CCCCN1C(=O)c1c(F)ccc(N)c1F. The molecule has 0 spiro atoms. The number of nitrogen functional groups attached to an aromatic ring is 1. The maximum absolute atomic E-state index is 13.8. The second-order valence-corrected chi connectivity index (χ2v) is 4.67. The van der Waals surface area contributed by atoms with Crippen molar-refractivity contribution >= 4 is 11.6 Å². The van der Waals surface area contributed by atoms with Crippen molar-refractivity contribution in [2.45, 2.75) is 32.2 Å². The average molecular weight is 254 g/mol. The lowest BCUT2D eigenvalue weighted by atomic mass is 10.0. The van der Waals surface area contributed by atoms with Crippen molar-refractivity contribution in [3.05, 3.63) is 29.3 Å². The lowest BCUT2D eigenvalue weighted by molar-refractivity contribution is 0.0626. The molecule has 1 fully saturated rings. The maximum atomic E-state index is 13.8. The largest absolute Gasteiger partial charge is 0.396 e. The number of anilines is 1. The minimum atomic E-state index is -0.960. The third kappa shape index (κ3) is 2.17. The average Bonchev–Trinajstić information content (AvgIpc) is 2.35. The van der Waals surface area contributed by atoms with E-state index in [1.165, 1.54) is 4.90 Å². The molecule has 1 atom stereocenters. The Balaban J connectivity index is 2.36. The van der Waals surface area contributed by atoms with E-state index in [1.54, 1.807) is 0 Å². The second kappa shape index (κ2) is 4.92. The van der Waals surface area contributed by atoms with Gasteiger partial charge in [0.2, 0.25) is 0 Å². The van der Waals surface area contributed by atoms with Gasteiger partial charge in [0.1, 0.15) is 11.4 Å². The van der Waals surface area contributed by atoms with Crippen LogP contribution in [-0.4, -0.2) is 23.4 Å². The Labute approximate surface area is 105 Å². The molecule has 1 saturated heterocycles. The number of hydrogen-bond donors (Lipinski definition) is 1. The zero-order valence-corrected chi connectivity index (χ0v) is 10.2. The van der Waals surface area contributed by atoms with Gasteiger partial charge in [-0.1, -0.05) is 0 Å². The number of amides is 1. The van der Waals surface area contributed by atoms with Gasteiger partial charge in [0, 0.05) is 12.6 Å². The third-order valence-electron chi connectivity index (χ3n) is 3.40. The topological polar surface area (TPSA) is 46.3 Å².